The zero-order valence-electron chi connectivity index (χ0n) is 13.6. The molecule has 1 aliphatic rings. The van der Waals surface area contributed by atoms with Crippen molar-refractivity contribution >= 4 is 5.91 Å². The molecule has 0 aromatic heterocycles. The molecule has 0 aliphatic carbocycles. The lowest BCUT2D eigenvalue weighted by Gasteiger charge is -2.30. The second-order valence-corrected chi connectivity index (χ2v) is 6.28. The third-order valence-corrected chi connectivity index (χ3v) is 4.27. The summed E-state index contributed by atoms with van der Waals surface area (Å²) in [5.41, 5.74) is 10.6. The van der Waals surface area contributed by atoms with E-state index in [2.05, 4.69) is 25.2 Å². The van der Waals surface area contributed by atoms with Gasteiger partial charge in [-0.15, -0.1) is 0 Å². The van der Waals surface area contributed by atoms with E-state index in [0.717, 1.165) is 28.9 Å². The van der Waals surface area contributed by atoms with Crippen LogP contribution in [0.5, 0.6) is 5.75 Å². The van der Waals surface area contributed by atoms with Crippen LogP contribution in [0.3, 0.4) is 0 Å². The molecule has 116 valence electrons. The summed E-state index contributed by atoms with van der Waals surface area (Å²) in [7, 11) is 0. The highest BCUT2D eigenvalue weighted by Gasteiger charge is 2.27. The maximum Gasteiger partial charge on any atom is 0.223 e. The Labute approximate surface area is 127 Å². The van der Waals surface area contributed by atoms with Crippen molar-refractivity contribution in [3.63, 3.8) is 0 Å². The molecular formula is C17H26N2O2. The number of nitrogens with one attached hydrogen (secondary N) is 1. The highest BCUT2D eigenvalue weighted by Crippen LogP contribution is 2.39. The Balaban J connectivity index is 2.44. The van der Waals surface area contributed by atoms with Crippen LogP contribution in [0.1, 0.15) is 61.5 Å². The van der Waals surface area contributed by atoms with Crippen LogP contribution in [0.15, 0.2) is 6.07 Å². The quantitative estimate of drug-likeness (QED) is 0.899. The molecule has 1 aromatic carbocycles. The van der Waals surface area contributed by atoms with Gasteiger partial charge in [-0.25, -0.2) is 0 Å². The van der Waals surface area contributed by atoms with Crippen molar-refractivity contribution < 1.29 is 9.53 Å². The smallest absolute Gasteiger partial charge is 0.223 e. The van der Waals surface area contributed by atoms with Crippen LogP contribution < -0.4 is 15.8 Å². The molecule has 2 atom stereocenters. The van der Waals surface area contributed by atoms with Gasteiger partial charge >= 0.3 is 0 Å². The van der Waals surface area contributed by atoms with Crippen molar-refractivity contribution in [2.45, 2.75) is 53.1 Å². The zero-order valence-corrected chi connectivity index (χ0v) is 13.6. The lowest BCUT2D eigenvalue weighted by molar-refractivity contribution is -0.124. The lowest BCUT2D eigenvalue weighted by Crippen LogP contribution is -2.35. The molecule has 2 unspecified atom stereocenters. The molecule has 1 heterocycles. The second kappa shape index (κ2) is 6.06. The average molecular weight is 290 g/mol. The number of carbonyl (C=O) groups excluding carboxylic acids is 1. The topological polar surface area (TPSA) is 64.3 Å². The molecule has 3 N–H and O–H groups in total. The zero-order chi connectivity index (χ0) is 15.7. The van der Waals surface area contributed by atoms with Gasteiger partial charge in [-0.2, -0.15) is 0 Å². The summed E-state index contributed by atoms with van der Waals surface area (Å²) in [5, 5.41) is 3.13. The minimum absolute atomic E-state index is 0.0143. The fourth-order valence-corrected chi connectivity index (χ4v) is 2.79. The maximum atomic E-state index is 12.0. The van der Waals surface area contributed by atoms with Gasteiger partial charge in [0.05, 0.1) is 12.6 Å². The van der Waals surface area contributed by atoms with Crippen LogP contribution in [0, 0.1) is 19.8 Å². The Hall–Kier alpha value is -1.55. The number of amides is 1. The highest BCUT2D eigenvalue weighted by atomic mass is 16.5. The standard InChI is InChI=1S/C17H26N2O2/c1-9(2)17(20)19-15-6-7-21-16-11(4)10(3)13(12(5)18)8-14(15)16/h8-9,12,15H,6-7,18H2,1-5H3,(H,19,20). The molecule has 1 aliphatic heterocycles. The number of carbonyl (C=O) groups is 1. The molecular weight excluding hydrogens is 264 g/mol. The van der Waals surface area contributed by atoms with E-state index >= 15 is 0 Å². The largest absolute Gasteiger partial charge is 0.493 e. The van der Waals surface area contributed by atoms with Gasteiger partial charge in [-0.3, -0.25) is 4.79 Å². The number of ether oxygens (including phenoxy) is 1. The molecule has 0 fully saturated rings. The summed E-state index contributed by atoms with van der Waals surface area (Å²) in [4.78, 5) is 12.0. The number of benzene rings is 1. The predicted octanol–water partition coefficient (Wildman–Crippen LogP) is 2.92. The van der Waals surface area contributed by atoms with Crippen LogP contribution in [0.2, 0.25) is 0 Å². The summed E-state index contributed by atoms with van der Waals surface area (Å²) in [5.74, 6) is 0.973. The van der Waals surface area contributed by atoms with E-state index in [-0.39, 0.29) is 23.9 Å². The van der Waals surface area contributed by atoms with Gasteiger partial charge in [0.1, 0.15) is 5.75 Å². The van der Waals surface area contributed by atoms with E-state index in [4.69, 9.17) is 10.5 Å². The fraction of sp³-hybridized carbons (Fsp3) is 0.588. The SMILES string of the molecule is Cc1c(C(C)N)cc2c(c1C)OCCC2NC(=O)C(C)C. The van der Waals surface area contributed by atoms with Crippen LogP contribution in [0.4, 0.5) is 0 Å². The number of nitrogens with two attached hydrogens (primary N) is 1. The first-order chi connectivity index (χ1) is 9.82. The molecule has 1 amide bonds. The van der Waals surface area contributed by atoms with E-state index in [1.807, 2.05) is 20.8 Å². The maximum absolute atomic E-state index is 12.0. The number of hydrogen-bond acceptors (Lipinski definition) is 3. The van der Waals surface area contributed by atoms with Gasteiger partial charge in [-0.05, 0) is 43.5 Å². The molecule has 0 radical (unpaired) electrons. The second-order valence-electron chi connectivity index (χ2n) is 6.28. The van der Waals surface area contributed by atoms with E-state index < -0.39 is 0 Å². The van der Waals surface area contributed by atoms with Gasteiger partial charge in [0.25, 0.3) is 0 Å². The Morgan fingerprint density at radius 2 is 2.00 bits per heavy atom. The van der Waals surface area contributed by atoms with Crippen molar-refractivity contribution in [2.75, 3.05) is 6.61 Å². The summed E-state index contributed by atoms with van der Waals surface area (Å²) in [6.07, 6.45) is 0.798. The predicted molar refractivity (Wildman–Crippen MR) is 84.4 cm³/mol. The van der Waals surface area contributed by atoms with Crippen LogP contribution in [-0.2, 0) is 4.79 Å². The third-order valence-electron chi connectivity index (χ3n) is 4.27. The Morgan fingerprint density at radius 3 is 2.57 bits per heavy atom. The first-order valence-electron chi connectivity index (χ1n) is 7.65. The summed E-state index contributed by atoms with van der Waals surface area (Å²) >= 11 is 0. The molecule has 0 spiro atoms. The average Bonchev–Trinajstić information content (AvgIpc) is 2.42. The Kier molecular flexibility index (Phi) is 4.57. The van der Waals surface area contributed by atoms with Gasteiger partial charge in [-0.1, -0.05) is 13.8 Å². The molecule has 2 rings (SSSR count). The van der Waals surface area contributed by atoms with E-state index in [9.17, 15) is 4.79 Å². The van der Waals surface area contributed by atoms with Gasteiger partial charge < -0.3 is 15.8 Å². The normalized spacial score (nSPS) is 18.9. The van der Waals surface area contributed by atoms with Crippen LogP contribution in [-0.4, -0.2) is 12.5 Å². The van der Waals surface area contributed by atoms with Crippen molar-refractivity contribution in [1.82, 2.24) is 5.32 Å². The summed E-state index contributed by atoms with van der Waals surface area (Å²) in [6.45, 7) is 10.6. The molecule has 4 heteroatoms. The number of rotatable bonds is 3. The molecule has 21 heavy (non-hydrogen) atoms. The Bertz CT molecular complexity index is 550. The van der Waals surface area contributed by atoms with E-state index in [1.165, 1.54) is 5.56 Å². The van der Waals surface area contributed by atoms with Gasteiger partial charge in [0, 0.05) is 23.9 Å². The van der Waals surface area contributed by atoms with E-state index in [0.29, 0.717) is 6.61 Å². The summed E-state index contributed by atoms with van der Waals surface area (Å²) in [6, 6.07) is 2.09. The fourth-order valence-electron chi connectivity index (χ4n) is 2.79. The number of fused-ring (bicyclic) bond motifs is 1. The first kappa shape index (κ1) is 15.8. The monoisotopic (exact) mass is 290 g/mol. The first-order valence-corrected chi connectivity index (χ1v) is 7.65. The van der Waals surface area contributed by atoms with Crippen molar-refractivity contribution in [2.24, 2.45) is 11.7 Å². The van der Waals surface area contributed by atoms with Crippen LogP contribution >= 0.6 is 0 Å². The van der Waals surface area contributed by atoms with Gasteiger partial charge in [0.15, 0.2) is 0 Å². The van der Waals surface area contributed by atoms with Crippen molar-refractivity contribution in [3.8, 4) is 5.75 Å². The lowest BCUT2D eigenvalue weighted by atomic mass is 9.89. The molecule has 0 saturated heterocycles. The van der Waals surface area contributed by atoms with Crippen molar-refractivity contribution in [3.05, 3.63) is 28.3 Å². The summed E-state index contributed by atoms with van der Waals surface area (Å²) < 4.78 is 5.85. The molecule has 1 aromatic rings. The van der Waals surface area contributed by atoms with Crippen molar-refractivity contribution in [1.29, 1.82) is 0 Å². The van der Waals surface area contributed by atoms with Gasteiger partial charge in [0.2, 0.25) is 5.91 Å². The van der Waals surface area contributed by atoms with E-state index in [1.54, 1.807) is 0 Å². The Morgan fingerprint density at radius 1 is 1.33 bits per heavy atom. The minimum atomic E-state index is -0.0302. The minimum Gasteiger partial charge on any atom is -0.493 e. The molecule has 0 saturated carbocycles. The van der Waals surface area contributed by atoms with Crippen LogP contribution in [0.25, 0.3) is 0 Å². The number of hydrogen-bond donors (Lipinski definition) is 2. The molecule has 0 bridgehead atoms. The molecule has 4 nitrogen and oxygen atoms in total. The highest BCUT2D eigenvalue weighted by molar-refractivity contribution is 5.78. The third kappa shape index (κ3) is 3.05.